The fraction of sp³-hybridized carbons (Fsp3) is 1.00. The molecule has 0 bridgehead atoms. The van der Waals surface area contributed by atoms with Gasteiger partial charge in [-0.15, -0.1) is 0 Å². The molecule has 2 fully saturated rings. The maximum Gasteiger partial charge on any atom is 0.0150 e. The average molecular weight is 195 g/mol. The molecule has 1 heteroatoms. The van der Waals surface area contributed by atoms with E-state index in [1.807, 2.05) is 0 Å². The van der Waals surface area contributed by atoms with Crippen molar-refractivity contribution in [1.82, 2.24) is 5.32 Å². The van der Waals surface area contributed by atoms with Crippen LogP contribution in [-0.2, 0) is 0 Å². The van der Waals surface area contributed by atoms with Crippen LogP contribution in [0.25, 0.3) is 0 Å². The van der Waals surface area contributed by atoms with E-state index in [0.29, 0.717) is 5.54 Å². The predicted molar refractivity (Wildman–Crippen MR) is 61.4 cm³/mol. The average Bonchev–Trinajstić information content (AvgIpc) is 2.72. The monoisotopic (exact) mass is 195 g/mol. The predicted octanol–water partition coefficient (Wildman–Crippen LogP) is 3.34. The van der Waals surface area contributed by atoms with E-state index in [1.54, 1.807) is 0 Å². The van der Waals surface area contributed by atoms with Crippen LogP contribution in [0, 0.1) is 11.8 Å². The van der Waals surface area contributed by atoms with Crippen molar-refractivity contribution in [1.29, 1.82) is 0 Å². The Hall–Kier alpha value is -0.0400. The van der Waals surface area contributed by atoms with Crippen LogP contribution in [0.4, 0.5) is 0 Å². The van der Waals surface area contributed by atoms with E-state index in [9.17, 15) is 0 Å². The summed E-state index contributed by atoms with van der Waals surface area (Å²) in [7, 11) is 2.12. The molecule has 0 unspecified atom stereocenters. The van der Waals surface area contributed by atoms with E-state index in [-0.39, 0.29) is 0 Å². The fourth-order valence-corrected chi connectivity index (χ4v) is 3.43. The quantitative estimate of drug-likeness (QED) is 0.712. The maximum atomic E-state index is 3.49. The Labute approximate surface area is 88.7 Å². The smallest absolute Gasteiger partial charge is 0.0150 e. The topological polar surface area (TPSA) is 12.0 Å². The van der Waals surface area contributed by atoms with Crippen LogP contribution >= 0.6 is 0 Å². The van der Waals surface area contributed by atoms with Gasteiger partial charge in [-0.1, -0.05) is 25.7 Å². The normalized spacial score (nSPS) is 40.3. The Morgan fingerprint density at radius 2 is 1.43 bits per heavy atom. The van der Waals surface area contributed by atoms with Crippen LogP contribution in [0.1, 0.15) is 58.3 Å². The second-order valence-corrected chi connectivity index (χ2v) is 5.69. The zero-order valence-electron chi connectivity index (χ0n) is 9.81. The lowest BCUT2D eigenvalue weighted by atomic mass is 9.72. The van der Waals surface area contributed by atoms with Crippen molar-refractivity contribution in [3.63, 3.8) is 0 Å². The van der Waals surface area contributed by atoms with Crippen molar-refractivity contribution < 1.29 is 0 Å². The minimum atomic E-state index is 0.453. The van der Waals surface area contributed by atoms with E-state index >= 15 is 0 Å². The molecular weight excluding hydrogens is 170 g/mol. The standard InChI is InChI=1S/C13H25N/c1-13(14-2)9-7-12(8-10-13)11-5-3-4-6-11/h11-12,14H,3-10H2,1-2H3. The fourth-order valence-electron chi connectivity index (χ4n) is 3.43. The first kappa shape index (κ1) is 10.5. The highest BCUT2D eigenvalue weighted by molar-refractivity contribution is 4.90. The van der Waals surface area contributed by atoms with Crippen molar-refractivity contribution in [2.45, 2.75) is 63.8 Å². The van der Waals surface area contributed by atoms with Gasteiger partial charge in [0.25, 0.3) is 0 Å². The summed E-state index contributed by atoms with van der Waals surface area (Å²) < 4.78 is 0. The number of rotatable bonds is 2. The summed E-state index contributed by atoms with van der Waals surface area (Å²) in [5.74, 6) is 2.16. The number of hydrogen-bond donors (Lipinski definition) is 1. The highest BCUT2D eigenvalue weighted by Gasteiger charge is 2.33. The highest BCUT2D eigenvalue weighted by atomic mass is 14.9. The molecule has 2 aliphatic carbocycles. The summed E-state index contributed by atoms with van der Waals surface area (Å²) in [5.41, 5.74) is 0.453. The van der Waals surface area contributed by atoms with Gasteiger partial charge >= 0.3 is 0 Å². The largest absolute Gasteiger partial charge is 0.315 e. The molecule has 82 valence electrons. The van der Waals surface area contributed by atoms with Gasteiger partial charge < -0.3 is 5.32 Å². The van der Waals surface area contributed by atoms with Crippen LogP contribution < -0.4 is 5.32 Å². The number of hydrogen-bond acceptors (Lipinski definition) is 1. The summed E-state index contributed by atoms with van der Waals surface area (Å²) in [5, 5.41) is 3.49. The van der Waals surface area contributed by atoms with Crippen LogP contribution in [0.2, 0.25) is 0 Å². The summed E-state index contributed by atoms with van der Waals surface area (Å²) in [6, 6.07) is 0. The van der Waals surface area contributed by atoms with E-state index in [1.165, 1.54) is 51.4 Å². The summed E-state index contributed by atoms with van der Waals surface area (Å²) in [6.07, 6.45) is 11.8. The second-order valence-electron chi connectivity index (χ2n) is 5.69. The molecule has 2 rings (SSSR count). The van der Waals surface area contributed by atoms with Gasteiger partial charge in [0.05, 0.1) is 0 Å². The Morgan fingerprint density at radius 1 is 0.929 bits per heavy atom. The lowest BCUT2D eigenvalue weighted by Crippen LogP contribution is -2.43. The molecule has 0 radical (unpaired) electrons. The first-order valence-corrected chi connectivity index (χ1v) is 6.42. The number of nitrogens with one attached hydrogen (secondary N) is 1. The second kappa shape index (κ2) is 4.22. The van der Waals surface area contributed by atoms with Gasteiger partial charge in [-0.05, 0) is 51.5 Å². The molecule has 0 aromatic rings. The van der Waals surface area contributed by atoms with Crippen molar-refractivity contribution >= 4 is 0 Å². The molecular formula is C13H25N. The molecule has 0 amide bonds. The Bertz CT molecular complexity index is 174. The molecule has 0 aromatic carbocycles. The van der Waals surface area contributed by atoms with E-state index in [4.69, 9.17) is 0 Å². The Balaban J connectivity index is 1.83. The molecule has 0 aliphatic heterocycles. The van der Waals surface area contributed by atoms with E-state index in [2.05, 4.69) is 19.3 Å². The van der Waals surface area contributed by atoms with Crippen molar-refractivity contribution in [3.05, 3.63) is 0 Å². The van der Waals surface area contributed by atoms with Crippen LogP contribution in [0.5, 0.6) is 0 Å². The van der Waals surface area contributed by atoms with E-state index in [0.717, 1.165) is 11.8 Å². The lowest BCUT2D eigenvalue weighted by molar-refractivity contribution is 0.170. The molecule has 2 aliphatic rings. The minimum Gasteiger partial charge on any atom is -0.315 e. The van der Waals surface area contributed by atoms with Crippen LogP contribution in [0.3, 0.4) is 0 Å². The van der Waals surface area contributed by atoms with Crippen molar-refractivity contribution in [2.24, 2.45) is 11.8 Å². The summed E-state index contributed by atoms with van der Waals surface area (Å²) in [4.78, 5) is 0. The third-order valence-corrected chi connectivity index (χ3v) is 4.80. The van der Waals surface area contributed by atoms with Gasteiger partial charge in [0.1, 0.15) is 0 Å². The molecule has 14 heavy (non-hydrogen) atoms. The first-order chi connectivity index (χ1) is 6.73. The minimum absolute atomic E-state index is 0.453. The first-order valence-electron chi connectivity index (χ1n) is 6.42. The van der Waals surface area contributed by atoms with Gasteiger partial charge in [-0.3, -0.25) is 0 Å². The third kappa shape index (κ3) is 2.13. The SMILES string of the molecule is CNC1(C)CCC(C2CCCC2)CC1. The molecule has 0 aromatic heterocycles. The van der Waals surface area contributed by atoms with Gasteiger partial charge in [0, 0.05) is 5.54 Å². The van der Waals surface area contributed by atoms with Gasteiger partial charge in [-0.2, -0.15) is 0 Å². The van der Waals surface area contributed by atoms with Gasteiger partial charge in [-0.25, -0.2) is 0 Å². The lowest BCUT2D eigenvalue weighted by Gasteiger charge is -2.39. The zero-order chi connectivity index (χ0) is 10.0. The third-order valence-electron chi connectivity index (χ3n) is 4.80. The maximum absolute atomic E-state index is 3.49. The molecule has 2 saturated carbocycles. The van der Waals surface area contributed by atoms with E-state index < -0.39 is 0 Å². The van der Waals surface area contributed by atoms with Crippen molar-refractivity contribution in [3.8, 4) is 0 Å². The van der Waals surface area contributed by atoms with Crippen LogP contribution in [0.15, 0.2) is 0 Å². The highest BCUT2D eigenvalue weighted by Crippen LogP contribution is 2.41. The Kier molecular flexibility index (Phi) is 3.16. The Morgan fingerprint density at radius 3 is 1.93 bits per heavy atom. The molecule has 1 N–H and O–H groups in total. The van der Waals surface area contributed by atoms with Gasteiger partial charge in [0.15, 0.2) is 0 Å². The summed E-state index contributed by atoms with van der Waals surface area (Å²) in [6.45, 7) is 2.39. The molecule has 0 atom stereocenters. The molecule has 0 saturated heterocycles. The van der Waals surface area contributed by atoms with Gasteiger partial charge in [0.2, 0.25) is 0 Å². The summed E-state index contributed by atoms with van der Waals surface area (Å²) >= 11 is 0. The molecule has 0 heterocycles. The van der Waals surface area contributed by atoms with Crippen molar-refractivity contribution in [2.75, 3.05) is 7.05 Å². The zero-order valence-corrected chi connectivity index (χ0v) is 9.81. The molecule has 1 nitrogen and oxygen atoms in total. The van der Waals surface area contributed by atoms with Crippen LogP contribution in [-0.4, -0.2) is 12.6 Å². The molecule has 0 spiro atoms.